The summed E-state index contributed by atoms with van der Waals surface area (Å²) in [6.07, 6.45) is 0.571. The summed E-state index contributed by atoms with van der Waals surface area (Å²) in [5, 5.41) is 13.0. The van der Waals surface area contributed by atoms with Crippen molar-refractivity contribution in [2.24, 2.45) is 5.11 Å². The fourth-order valence-corrected chi connectivity index (χ4v) is 2.83. The molecule has 23 heavy (non-hydrogen) atoms. The molecular weight excluding hydrogens is 316 g/mol. The van der Waals surface area contributed by atoms with Crippen LogP contribution in [0.5, 0.6) is 5.75 Å². The lowest BCUT2D eigenvalue weighted by Crippen LogP contribution is -2.29. The fraction of sp³-hybridized carbons (Fsp3) is 0.357. The third kappa shape index (κ3) is 4.41. The van der Waals surface area contributed by atoms with E-state index in [1.54, 1.807) is 7.11 Å². The highest BCUT2D eigenvalue weighted by atomic mass is 32.1. The maximum absolute atomic E-state index is 11.8. The van der Waals surface area contributed by atoms with Crippen LogP contribution in [0, 0.1) is 0 Å². The zero-order valence-corrected chi connectivity index (χ0v) is 13.7. The summed E-state index contributed by atoms with van der Waals surface area (Å²) in [6, 6.07) is 7.48. The van der Waals surface area contributed by atoms with Crippen LogP contribution in [0.1, 0.15) is 13.3 Å². The van der Waals surface area contributed by atoms with E-state index < -0.39 is 0 Å². The summed E-state index contributed by atoms with van der Waals surface area (Å²) in [7, 11) is 1.61. The quantitative estimate of drug-likeness (QED) is 0.336. The van der Waals surface area contributed by atoms with Crippen molar-refractivity contribution < 1.29 is 9.53 Å². The largest absolute Gasteiger partial charge is 0.497 e. The Kier molecular flexibility index (Phi) is 5.90. The van der Waals surface area contributed by atoms with Gasteiger partial charge in [-0.3, -0.25) is 9.69 Å². The first-order valence-corrected chi connectivity index (χ1v) is 7.74. The summed E-state index contributed by atoms with van der Waals surface area (Å²) in [4.78, 5) is 16.0. The number of amides is 1. The van der Waals surface area contributed by atoms with Gasteiger partial charge >= 0.3 is 0 Å². The van der Waals surface area contributed by atoms with Crippen LogP contribution in [0.25, 0.3) is 21.0 Å². The molecule has 0 saturated carbocycles. The minimum absolute atomic E-state index is 0.122. The third-order valence-electron chi connectivity index (χ3n) is 3.07. The Hall–Kier alpha value is -2.64. The Morgan fingerprint density at radius 2 is 2.13 bits per heavy atom. The van der Waals surface area contributed by atoms with E-state index in [1.165, 1.54) is 23.2 Å². The summed E-state index contributed by atoms with van der Waals surface area (Å²) in [5.74, 6) is 0.644. The molecular formula is C14H16N6O2S. The third-order valence-corrected chi connectivity index (χ3v) is 4.06. The number of anilines is 1. The number of carbonyl (C=O) groups is 1. The van der Waals surface area contributed by atoms with Crippen molar-refractivity contribution in [1.29, 1.82) is 0 Å². The predicted molar refractivity (Wildman–Crippen MR) is 88.6 cm³/mol. The van der Waals surface area contributed by atoms with Gasteiger partial charge in [0, 0.05) is 30.5 Å². The molecule has 1 heterocycles. The molecule has 0 N–H and O–H groups in total. The Bertz CT molecular complexity index is 708. The van der Waals surface area contributed by atoms with E-state index in [2.05, 4.69) is 20.2 Å². The molecule has 0 saturated heterocycles. The zero-order chi connectivity index (χ0) is 16.7. The van der Waals surface area contributed by atoms with Crippen LogP contribution in [0.4, 0.5) is 5.13 Å². The highest BCUT2D eigenvalue weighted by molar-refractivity contribution is 7.18. The first kappa shape index (κ1) is 16.7. The molecule has 1 amide bonds. The van der Waals surface area contributed by atoms with Gasteiger partial charge in [-0.1, -0.05) is 16.5 Å². The Morgan fingerprint density at radius 3 is 2.74 bits per heavy atom. The SMILES string of the molecule is COc1ccc(-c2nnc(N(CCCN=[N+]=[N-])C(C)=O)s2)cc1. The normalized spacial score (nSPS) is 10.0. The van der Waals surface area contributed by atoms with Gasteiger partial charge in [0.2, 0.25) is 11.0 Å². The summed E-state index contributed by atoms with van der Waals surface area (Å²) in [6.45, 7) is 2.25. The number of nitrogens with zero attached hydrogens (tertiary/aromatic N) is 6. The number of methoxy groups -OCH3 is 1. The topological polar surface area (TPSA) is 104 Å². The molecule has 0 aliphatic rings. The van der Waals surface area contributed by atoms with Crippen molar-refractivity contribution in [2.75, 3.05) is 25.1 Å². The monoisotopic (exact) mass is 332 g/mol. The van der Waals surface area contributed by atoms with Crippen molar-refractivity contribution >= 4 is 22.4 Å². The molecule has 0 aliphatic heterocycles. The van der Waals surface area contributed by atoms with Crippen LogP contribution < -0.4 is 9.64 Å². The van der Waals surface area contributed by atoms with Crippen LogP contribution in [-0.2, 0) is 4.79 Å². The lowest BCUT2D eigenvalue weighted by molar-refractivity contribution is -0.116. The number of azide groups is 1. The van der Waals surface area contributed by atoms with Gasteiger partial charge in [0.15, 0.2) is 0 Å². The Morgan fingerprint density at radius 1 is 1.39 bits per heavy atom. The van der Waals surface area contributed by atoms with Gasteiger partial charge in [-0.15, -0.1) is 10.2 Å². The van der Waals surface area contributed by atoms with E-state index >= 15 is 0 Å². The van der Waals surface area contributed by atoms with Gasteiger partial charge in [-0.05, 0) is 36.2 Å². The van der Waals surface area contributed by atoms with Crippen LogP contribution in [0.2, 0.25) is 0 Å². The average Bonchev–Trinajstić information content (AvgIpc) is 3.04. The number of rotatable bonds is 7. The second-order valence-corrected chi connectivity index (χ2v) is 5.55. The minimum atomic E-state index is -0.122. The van der Waals surface area contributed by atoms with Gasteiger partial charge in [0.25, 0.3) is 0 Å². The molecule has 0 unspecified atom stereocenters. The van der Waals surface area contributed by atoms with Gasteiger partial charge in [-0.2, -0.15) is 0 Å². The molecule has 2 aromatic rings. The number of ether oxygens (including phenoxy) is 1. The van der Waals surface area contributed by atoms with Crippen molar-refractivity contribution in [3.8, 4) is 16.3 Å². The van der Waals surface area contributed by atoms with Crippen molar-refractivity contribution in [3.05, 3.63) is 34.7 Å². The molecule has 0 radical (unpaired) electrons. The molecule has 0 atom stereocenters. The Labute approximate surface area is 137 Å². The van der Waals surface area contributed by atoms with Crippen molar-refractivity contribution in [2.45, 2.75) is 13.3 Å². The highest BCUT2D eigenvalue weighted by Crippen LogP contribution is 2.29. The number of hydrogen-bond donors (Lipinski definition) is 0. The summed E-state index contributed by atoms with van der Waals surface area (Å²) in [5.41, 5.74) is 9.18. The molecule has 2 rings (SSSR count). The molecule has 0 bridgehead atoms. The molecule has 120 valence electrons. The van der Waals surface area contributed by atoms with E-state index in [9.17, 15) is 4.79 Å². The van der Waals surface area contributed by atoms with Gasteiger partial charge < -0.3 is 4.74 Å². The fourth-order valence-electron chi connectivity index (χ4n) is 1.91. The van der Waals surface area contributed by atoms with E-state index in [-0.39, 0.29) is 5.91 Å². The van der Waals surface area contributed by atoms with E-state index in [0.29, 0.717) is 24.6 Å². The zero-order valence-electron chi connectivity index (χ0n) is 12.8. The lowest BCUT2D eigenvalue weighted by atomic mass is 10.2. The molecule has 8 nitrogen and oxygen atoms in total. The van der Waals surface area contributed by atoms with E-state index in [1.807, 2.05) is 24.3 Å². The maximum atomic E-state index is 11.8. The summed E-state index contributed by atoms with van der Waals surface area (Å²) >= 11 is 1.34. The predicted octanol–water partition coefficient (Wildman–Crippen LogP) is 3.27. The van der Waals surface area contributed by atoms with Crippen LogP contribution in [0.15, 0.2) is 29.4 Å². The Balaban J connectivity index is 2.13. The average molecular weight is 332 g/mol. The van der Waals surface area contributed by atoms with Crippen molar-refractivity contribution in [1.82, 2.24) is 10.2 Å². The van der Waals surface area contributed by atoms with Gasteiger partial charge in [0.05, 0.1) is 7.11 Å². The standard InChI is InChI=1S/C14H16N6O2S/c1-10(21)20(9-3-8-16-19-15)14-18-17-13(23-14)11-4-6-12(22-2)7-5-11/h4-7H,3,8-9H2,1-2H3. The van der Waals surface area contributed by atoms with Crippen LogP contribution in [-0.4, -0.2) is 36.3 Å². The molecule has 0 fully saturated rings. The minimum Gasteiger partial charge on any atom is -0.497 e. The lowest BCUT2D eigenvalue weighted by Gasteiger charge is -2.16. The smallest absolute Gasteiger partial charge is 0.225 e. The van der Waals surface area contributed by atoms with Crippen LogP contribution >= 0.6 is 11.3 Å². The second kappa shape index (κ2) is 8.11. The molecule has 1 aromatic heterocycles. The molecule has 1 aromatic carbocycles. The first-order chi connectivity index (χ1) is 11.2. The first-order valence-electron chi connectivity index (χ1n) is 6.92. The molecule has 9 heteroatoms. The van der Waals surface area contributed by atoms with E-state index in [4.69, 9.17) is 10.3 Å². The maximum Gasteiger partial charge on any atom is 0.225 e. The number of carbonyl (C=O) groups excluding carboxylic acids is 1. The number of aromatic nitrogens is 2. The highest BCUT2D eigenvalue weighted by Gasteiger charge is 2.17. The van der Waals surface area contributed by atoms with Crippen LogP contribution in [0.3, 0.4) is 0 Å². The number of hydrogen-bond acceptors (Lipinski definition) is 6. The number of benzene rings is 1. The molecule has 0 spiro atoms. The van der Waals surface area contributed by atoms with Gasteiger partial charge in [0.1, 0.15) is 10.8 Å². The van der Waals surface area contributed by atoms with E-state index in [0.717, 1.165) is 16.3 Å². The molecule has 0 aliphatic carbocycles. The second-order valence-electron chi connectivity index (χ2n) is 4.60. The van der Waals surface area contributed by atoms with Crippen molar-refractivity contribution in [3.63, 3.8) is 0 Å². The van der Waals surface area contributed by atoms with Gasteiger partial charge in [-0.25, -0.2) is 0 Å². The summed E-state index contributed by atoms with van der Waals surface area (Å²) < 4.78 is 5.12.